The van der Waals surface area contributed by atoms with E-state index >= 15 is 0 Å². The van der Waals surface area contributed by atoms with E-state index in [0.29, 0.717) is 5.56 Å². The Labute approximate surface area is 135 Å². The lowest BCUT2D eigenvalue weighted by Crippen LogP contribution is -2.23. The molecular formula is C16H12F2N4O2. The molecule has 0 atom stereocenters. The summed E-state index contributed by atoms with van der Waals surface area (Å²) in [6.07, 6.45) is 1.60. The first kappa shape index (κ1) is 15.7. The maximum absolute atomic E-state index is 13.1. The number of hydrogen-bond acceptors (Lipinski definition) is 5. The summed E-state index contributed by atoms with van der Waals surface area (Å²) in [7, 11) is 0. The number of halogens is 2. The summed E-state index contributed by atoms with van der Waals surface area (Å²) in [5, 5.41) is 10.2. The van der Waals surface area contributed by atoms with Crippen molar-refractivity contribution < 1.29 is 18.0 Å². The minimum Gasteiger partial charge on any atom is -0.419 e. The Morgan fingerprint density at radius 2 is 2.00 bits per heavy atom. The predicted octanol–water partition coefficient (Wildman–Crippen LogP) is 2.65. The molecule has 0 fully saturated rings. The number of rotatable bonds is 4. The fourth-order valence-electron chi connectivity index (χ4n) is 1.93. The fourth-order valence-corrected chi connectivity index (χ4v) is 1.93. The van der Waals surface area contributed by atoms with E-state index in [1.807, 2.05) is 13.0 Å². The molecule has 8 heteroatoms. The molecule has 3 rings (SSSR count). The highest BCUT2D eigenvalue weighted by molar-refractivity contribution is 5.94. The fraction of sp³-hybridized carbons (Fsp3) is 0.125. The molecule has 0 aliphatic rings. The summed E-state index contributed by atoms with van der Waals surface area (Å²) < 4.78 is 31.4. The molecule has 0 saturated heterocycles. The molecule has 0 spiro atoms. The van der Waals surface area contributed by atoms with Crippen LogP contribution in [0.5, 0.6) is 0 Å². The zero-order valence-corrected chi connectivity index (χ0v) is 12.6. The maximum Gasteiger partial charge on any atom is 0.251 e. The molecule has 0 aliphatic carbocycles. The number of nitrogens with zero attached hydrogens (tertiary/aromatic N) is 3. The maximum atomic E-state index is 13.1. The van der Waals surface area contributed by atoms with E-state index in [0.717, 1.165) is 17.8 Å². The van der Waals surface area contributed by atoms with Gasteiger partial charge in [-0.05, 0) is 37.3 Å². The molecule has 2 aromatic heterocycles. The standard InChI is InChI=1S/C16H12F2N4O2/c1-9-2-3-11(7-19-9)16-22-21-14(24-16)8-20-15(23)10-4-5-12(17)13(18)6-10/h2-7H,8H2,1H3,(H,20,23). The van der Waals surface area contributed by atoms with E-state index in [1.54, 1.807) is 12.3 Å². The van der Waals surface area contributed by atoms with Crippen LogP contribution in [-0.4, -0.2) is 21.1 Å². The van der Waals surface area contributed by atoms with Crippen LogP contribution >= 0.6 is 0 Å². The quantitative estimate of drug-likeness (QED) is 0.795. The number of carbonyl (C=O) groups is 1. The zero-order chi connectivity index (χ0) is 17.1. The topological polar surface area (TPSA) is 80.9 Å². The van der Waals surface area contributed by atoms with Crippen LogP contribution in [0.4, 0.5) is 8.78 Å². The molecule has 0 radical (unpaired) electrons. The van der Waals surface area contributed by atoms with Gasteiger partial charge >= 0.3 is 0 Å². The van der Waals surface area contributed by atoms with Crippen LogP contribution in [0, 0.1) is 18.6 Å². The highest BCUT2D eigenvalue weighted by atomic mass is 19.2. The Morgan fingerprint density at radius 1 is 1.17 bits per heavy atom. The molecule has 0 saturated carbocycles. The van der Waals surface area contributed by atoms with Crippen LogP contribution < -0.4 is 5.32 Å². The van der Waals surface area contributed by atoms with Crippen molar-refractivity contribution in [3.8, 4) is 11.5 Å². The van der Waals surface area contributed by atoms with Crippen LogP contribution in [0.25, 0.3) is 11.5 Å². The van der Waals surface area contributed by atoms with Crippen molar-refractivity contribution in [2.24, 2.45) is 0 Å². The Bertz CT molecular complexity index is 878. The number of nitrogens with one attached hydrogen (secondary N) is 1. The largest absolute Gasteiger partial charge is 0.419 e. The number of aryl methyl sites for hydroxylation is 1. The lowest BCUT2D eigenvalue weighted by molar-refractivity contribution is 0.0947. The molecule has 0 unspecified atom stereocenters. The predicted molar refractivity (Wildman–Crippen MR) is 79.8 cm³/mol. The van der Waals surface area contributed by atoms with Gasteiger partial charge < -0.3 is 9.73 Å². The zero-order valence-electron chi connectivity index (χ0n) is 12.6. The van der Waals surface area contributed by atoms with Crippen molar-refractivity contribution >= 4 is 5.91 Å². The Morgan fingerprint density at radius 3 is 2.71 bits per heavy atom. The van der Waals surface area contributed by atoms with E-state index in [2.05, 4.69) is 20.5 Å². The number of carbonyl (C=O) groups excluding carboxylic acids is 1. The molecule has 1 N–H and O–H groups in total. The average Bonchev–Trinajstić information content (AvgIpc) is 3.05. The normalized spacial score (nSPS) is 10.6. The molecule has 2 heterocycles. The van der Waals surface area contributed by atoms with Gasteiger partial charge in [-0.25, -0.2) is 8.78 Å². The summed E-state index contributed by atoms with van der Waals surface area (Å²) in [6.45, 7) is 1.82. The van der Waals surface area contributed by atoms with Gasteiger partial charge in [0.2, 0.25) is 11.8 Å². The van der Waals surface area contributed by atoms with Crippen molar-refractivity contribution in [3.05, 3.63) is 65.3 Å². The van der Waals surface area contributed by atoms with E-state index in [1.165, 1.54) is 6.07 Å². The van der Waals surface area contributed by atoms with Crippen molar-refractivity contribution in [2.75, 3.05) is 0 Å². The van der Waals surface area contributed by atoms with Gasteiger partial charge in [0.05, 0.1) is 12.1 Å². The number of pyridine rings is 1. The third-order valence-corrected chi connectivity index (χ3v) is 3.21. The van der Waals surface area contributed by atoms with E-state index < -0.39 is 17.5 Å². The molecule has 6 nitrogen and oxygen atoms in total. The average molecular weight is 330 g/mol. The summed E-state index contributed by atoms with van der Waals surface area (Å²) in [5.41, 5.74) is 1.51. The van der Waals surface area contributed by atoms with Crippen molar-refractivity contribution in [1.29, 1.82) is 0 Å². The molecule has 1 amide bonds. The van der Waals surface area contributed by atoms with Crippen LogP contribution in [0.15, 0.2) is 40.9 Å². The van der Waals surface area contributed by atoms with Gasteiger partial charge in [0.1, 0.15) is 0 Å². The number of benzene rings is 1. The van der Waals surface area contributed by atoms with Crippen LogP contribution in [-0.2, 0) is 6.54 Å². The molecular weight excluding hydrogens is 318 g/mol. The van der Waals surface area contributed by atoms with Gasteiger partial charge in [-0.15, -0.1) is 10.2 Å². The molecule has 0 aliphatic heterocycles. The van der Waals surface area contributed by atoms with Crippen molar-refractivity contribution in [2.45, 2.75) is 13.5 Å². The first-order valence-corrected chi connectivity index (χ1v) is 7.01. The Hall–Kier alpha value is -3.16. The second-order valence-electron chi connectivity index (χ2n) is 5.00. The third-order valence-electron chi connectivity index (χ3n) is 3.21. The smallest absolute Gasteiger partial charge is 0.251 e. The SMILES string of the molecule is Cc1ccc(-c2nnc(CNC(=O)c3ccc(F)c(F)c3)o2)cn1. The highest BCUT2D eigenvalue weighted by Gasteiger charge is 2.12. The van der Waals surface area contributed by atoms with Gasteiger partial charge in [0.15, 0.2) is 11.6 Å². The Balaban J connectivity index is 1.65. The second kappa shape index (κ2) is 6.53. The first-order valence-electron chi connectivity index (χ1n) is 7.01. The Kier molecular flexibility index (Phi) is 4.28. The van der Waals surface area contributed by atoms with Crippen LogP contribution in [0.2, 0.25) is 0 Å². The van der Waals surface area contributed by atoms with Crippen molar-refractivity contribution in [3.63, 3.8) is 0 Å². The van der Waals surface area contributed by atoms with Gasteiger partial charge in [0.25, 0.3) is 5.91 Å². The molecule has 24 heavy (non-hydrogen) atoms. The van der Waals surface area contributed by atoms with Gasteiger partial charge in [0, 0.05) is 17.5 Å². The summed E-state index contributed by atoms with van der Waals surface area (Å²) in [5.74, 6) is -2.22. The van der Waals surface area contributed by atoms with E-state index in [9.17, 15) is 13.6 Å². The second-order valence-corrected chi connectivity index (χ2v) is 5.00. The minimum absolute atomic E-state index is 0.00336. The number of hydrogen-bond donors (Lipinski definition) is 1. The minimum atomic E-state index is -1.09. The molecule has 0 bridgehead atoms. The van der Waals surface area contributed by atoms with Gasteiger partial charge in [-0.3, -0.25) is 9.78 Å². The third kappa shape index (κ3) is 3.43. The first-order chi connectivity index (χ1) is 11.5. The van der Waals surface area contributed by atoms with E-state index in [-0.39, 0.29) is 23.9 Å². The molecule has 3 aromatic rings. The number of amides is 1. The van der Waals surface area contributed by atoms with Crippen LogP contribution in [0.1, 0.15) is 21.9 Å². The van der Waals surface area contributed by atoms with E-state index in [4.69, 9.17) is 4.42 Å². The summed E-state index contributed by atoms with van der Waals surface area (Å²) >= 11 is 0. The number of aromatic nitrogens is 3. The molecule has 1 aromatic carbocycles. The lowest BCUT2D eigenvalue weighted by atomic mass is 10.2. The monoisotopic (exact) mass is 330 g/mol. The van der Waals surface area contributed by atoms with Crippen molar-refractivity contribution in [1.82, 2.24) is 20.5 Å². The van der Waals surface area contributed by atoms with Gasteiger partial charge in [-0.1, -0.05) is 0 Å². The summed E-state index contributed by atoms with van der Waals surface area (Å²) in [4.78, 5) is 16.0. The van der Waals surface area contributed by atoms with Gasteiger partial charge in [-0.2, -0.15) is 0 Å². The van der Waals surface area contributed by atoms with Crippen LogP contribution in [0.3, 0.4) is 0 Å². The highest BCUT2D eigenvalue weighted by Crippen LogP contribution is 2.16. The lowest BCUT2D eigenvalue weighted by Gasteiger charge is -2.03. The summed E-state index contributed by atoms with van der Waals surface area (Å²) in [6, 6.07) is 6.50. The molecule has 122 valence electrons.